The van der Waals surface area contributed by atoms with Gasteiger partial charge in [-0.1, -0.05) is 5.16 Å². The van der Waals surface area contributed by atoms with Crippen LogP contribution in [0.5, 0.6) is 0 Å². The van der Waals surface area contributed by atoms with Crippen molar-refractivity contribution in [1.82, 2.24) is 30.1 Å². The van der Waals surface area contributed by atoms with Crippen LogP contribution in [0.15, 0.2) is 16.9 Å². The molecule has 1 atom stereocenters. The first kappa shape index (κ1) is 13.3. The number of aryl methyl sites for hydroxylation is 3. The van der Waals surface area contributed by atoms with Crippen molar-refractivity contribution < 1.29 is 4.52 Å². The maximum atomic E-state index is 5.34. The van der Waals surface area contributed by atoms with Crippen LogP contribution in [0.1, 0.15) is 23.3 Å². The van der Waals surface area contributed by atoms with E-state index in [9.17, 15) is 0 Å². The van der Waals surface area contributed by atoms with Crippen molar-refractivity contribution in [3.8, 4) is 0 Å². The van der Waals surface area contributed by atoms with Gasteiger partial charge >= 0.3 is 0 Å². The number of hydrogen-bond acceptors (Lipinski definition) is 6. The molecule has 2 aromatic heterocycles. The monoisotopic (exact) mass is 276 g/mol. The highest BCUT2D eigenvalue weighted by molar-refractivity contribution is 5.00. The number of likely N-dealkylation sites (N-methyl/N-ethyl adjacent to an activating group) is 1. The summed E-state index contributed by atoms with van der Waals surface area (Å²) in [5.74, 6) is 1.44. The summed E-state index contributed by atoms with van der Waals surface area (Å²) in [5, 5.41) is 11.7. The van der Waals surface area contributed by atoms with Gasteiger partial charge in [0.2, 0.25) is 5.89 Å². The van der Waals surface area contributed by atoms with Gasteiger partial charge < -0.3 is 9.84 Å². The van der Waals surface area contributed by atoms with Crippen LogP contribution in [-0.2, 0) is 13.0 Å². The third-order valence-corrected chi connectivity index (χ3v) is 3.61. The summed E-state index contributed by atoms with van der Waals surface area (Å²) in [7, 11) is 2.09. The van der Waals surface area contributed by atoms with Crippen molar-refractivity contribution in [3.63, 3.8) is 0 Å². The second-order valence-electron chi connectivity index (χ2n) is 5.28. The van der Waals surface area contributed by atoms with Crippen LogP contribution in [0.2, 0.25) is 0 Å². The van der Waals surface area contributed by atoms with E-state index in [1.54, 1.807) is 0 Å². The Kier molecular flexibility index (Phi) is 3.79. The molecule has 1 saturated heterocycles. The normalized spacial score (nSPS) is 20.4. The first-order valence-electron chi connectivity index (χ1n) is 6.95. The maximum absolute atomic E-state index is 5.34. The highest BCUT2D eigenvalue weighted by Gasteiger charge is 2.25. The minimum Gasteiger partial charge on any atom is -0.339 e. The Balaban J connectivity index is 1.61. The zero-order valence-corrected chi connectivity index (χ0v) is 11.9. The van der Waals surface area contributed by atoms with E-state index >= 15 is 0 Å². The fourth-order valence-electron chi connectivity index (χ4n) is 2.40. The lowest BCUT2D eigenvalue weighted by atomic mass is 10.2. The summed E-state index contributed by atoms with van der Waals surface area (Å²) in [6.07, 6.45) is 4.57. The largest absolute Gasteiger partial charge is 0.339 e. The zero-order chi connectivity index (χ0) is 13.9. The summed E-state index contributed by atoms with van der Waals surface area (Å²) in [5.41, 5.74) is 1.16. The van der Waals surface area contributed by atoms with Gasteiger partial charge in [-0.05, 0) is 19.5 Å². The Hall–Kier alpha value is -1.73. The summed E-state index contributed by atoms with van der Waals surface area (Å²) in [4.78, 5) is 6.76. The minimum absolute atomic E-state index is 0.202. The van der Waals surface area contributed by atoms with Crippen molar-refractivity contribution in [1.29, 1.82) is 0 Å². The molecular weight excluding hydrogens is 256 g/mol. The molecule has 1 aliphatic heterocycles. The van der Waals surface area contributed by atoms with E-state index in [4.69, 9.17) is 4.52 Å². The molecule has 20 heavy (non-hydrogen) atoms. The molecule has 3 heterocycles. The Bertz CT molecular complexity index is 563. The molecule has 1 unspecified atom stereocenters. The van der Waals surface area contributed by atoms with Gasteiger partial charge in [0.05, 0.1) is 12.2 Å². The molecule has 1 N–H and O–H groups in total. The molecule has 0 radical (unpaired) electrons. The second kappa shape index (κ2) is 5.72. The number of hydrogen-bond donors (Lipinski definition) is 1. The molecule has 0 aliphatic carbocycles. The van der Waals surface area contributed by atoms with E-state index in [1.807, 2.05) is 24.0 Å². The van der Waals surface area contributed by atoms with Crippen molar-refractivity contribution in [2.75, 3.05) is 26.7 Å². The SMILES string of the molecule is Cc1cnn(CCc2nc(C3CNCCN3C)no2)c1. The number of rotatable bonds is 4. The smallest absolute Gasteiger partial charge is 0.228 e. The van der Waals surface area contributed by atoms with Crippen LogP contribution >= 0.6 is 0 Å². The second-order valence-corrected chi connectivity index (χ2v) is 5.28. The van der Waals surface area contributed by atoms with E-state index in [-0.39, 0.29) is 6.04 Å². The van der Waals surface area contributed by atoms with Crippen molar-refractivity contribution in [2.45, 2.75) is 25.9 Å². The molecular formula is C13H20N6O. The fraction of sp³-hybridized carbons (Fsp3) is 0.615. The first-order valence-corrected chi connectivity index (χ1v) is 6.95. The predicted molar refractivity (Wildman–Crippen MR) is 73.2 cm³/mol. The lowest BCUT2D eigenvalue weighted by molar-refractivity contribution is 0.190. The number of nitrogens with one attached hydrogen (secondary N) is 1. The summed E-state index contributed by atoms with van der Waals surface area (Å²) >= 11 is 0. The van der Waals surface area contributed by atoms with Gasteiger partial charge in [0.1, 0.15) is 0 Å². The van der Waals surface area contributed by atoms with Crippen LogP contribution in [0.25, 0.3) is 0 Å². The van der Waals surface area contributed by atoms with Crippen molar-refractivity contribution >= 4 is 0 Å². The molecule has 0 aromatic carbocycles. The number of piperazine rings is 1. The van der Waals surface area contributed by atoms with Crippen molar-refractivity contribution in [2.24, 2.45) is 0 Å². The zero-order valence-electron chi connectivity index (χ0n) is 11.9. The molecule has 1 fully saturated rings. The molecule has 0 bridgehead atoms. The summed E-state index contributed by atoms with van der Waals surface area (Å²) < 4.78 is 7.23. The van der Waals surface area contributed by atoms with Gasteiger partial charge in [-0.25, -0.2) is 0 Å². The molecule has 7 heteroatoms. The maximum Gasteiger partial charge on any atom is 0.228 e. The molecule has 108 valence electrons. The first-order chi connectivity index (χ1) is 9.72. The molecule has 2 aromatic rings. The van der Waals surface area contributed by atoms with Crippen molar-refractivity contribution in [3.05, 3.63) is 29.7 Å². The molecule has 7 nitrogen and oxygen atoms in total. The molecule has 1 aliphatic rings. The van der Waals surface area contributed by atoms with Gasteiger partial charge in [0.25, 0.3) is 0 Å². The molecule has 0 saturated carbocycles. The average Bonchev–Trinajstić information content (AvgIpc) is 3.06. The topological polar surface area (TPSA) is 72.0 Å². The van der Waals surface area contributed by atoms with E-state index in [2.05, 4.69) is 32.5 Å². The van der Waals surface area contributed by atoms with Gasteiger partial charge in [-0.15, -0.1) is 0 Å². The van der Waals surface area contributed by atoms with E-state index in [0.717, 1.165) is 37.6 Å². The van der Waals surface area contributed by atoms with Gasteiger partial charge in [0.15, 0.2) is 5.82 Å². The van der Waals surface area contributed by atoms with Gasteiger partial charge in [-0.3, -0.25) is 9.58 Å². The fourth-order valence-corrected chi connectivity index (χ4v) is 2.40. The quantitative estimate of drug-likeness (QED) is 0.871. The van der Waals surface area contributed by atoms with Crippen LogP contribution in [0.3, 0.4) is 0 Å². The molecule has 3 rings (SSSR count). The third kappa shape index (κ3) is 2.88. The highest BCUT2D eigenvalue weighted by atomic mass is 16.5. The highest BCUT2D eigenvalue weighted by Crippen LogP contribution is 2.17. The standard InChI is InChI=1S/C13H20N6O/c1-10-7-15-19(9-10)5-3-12-16-13(17-20-12)11-8-14-4-6-18(11)2/h7,9,11,14H,3-6,8H2,1-2H3. The van der Waals surface area contributed by atoms with Crippen LogP contribution in [-0.4, -0.2) is 51.5 Å². The minimum atomic E-state index is 0.202. The van der Waals surface area contributed by atoms with Gasteiger partial charge in [0, 0.05) is 38.8 Å². The van der Waals surface area contributed by atoms with Crippen LogP contribution < -0.4 is 5.32 Å². The lowest BCUT2D eigenvalue weighted by Gasteiger charge is -2.30. The van der Waals surface area contributed by atoms with Crippen LogP contribution in [0.4, 0.5) is 0 Å². The lowest BCUT2D eigenvalue weighted by Crippen LogP contribution is -2.44. The Morgan fingerprint density at radius 3 is 3.15 bits per heavy atom. The van der Waals surface area contributed by atoms with Gasteiger partial charge in [-0.2, -0.15) is 10.1 Å². The molecule has 0 amide bonds. The van der Waals surface area contributed by atoms with E-state index in [1.165, 1.54) is 0 Å². The summed E-state index contributed by atoms with van der Waals surface area (Å²) in [6, 6.07) is 0.202. The predicted octanol–water partition coefficient (Wildman–Crippen LogP) is 0.393. The third-order valence-electron chi connectivity index (χ3n) is 3.61. The van der Waals surface area contributed by atoms with E-state index < -0.39 is 0 Å². The molecule has 0 spiro atoms. The van der Waals surface area contributed by atoms with E-state index in [0.29, 0.717) is 12.3 Å². The Morgan fingerprint density at radius 1 is 1.50 bits per heavy atom. The Labute approximate surface area is 118 Å². The summed E-state index contributed by atoms with van der Waals surface area (Å²) in [6.45, 7) is 5.67. The van der Waals surface area contributed by atoms with Crippen LogP contribution in [0, 0.1) is 6.92 Å². The average molecular weight is 276 g/mol. The Morgan fingerprint density at radius 2 is 2.40 bits per heavy atom. The number of nitrogens with zero attached hydrogens (tertiary/aromatic N) is 5. The number of aromatic nitrogens is 4.